The zero-order valence-electron chi connectivity index (χ0n) is 19.8. The highest BCUT2D eigenvalue weighted by atomic mass is 16.5. The molecule has 5 nitrogen and oxygen atoms in total. The lowest BCUT2D eigenvalue weighted by molar-refractivity contribution is -0.120. The maximum atomic E-state index is 12.5. The van der Waals surface area contributed by atoms with Crippen molar-refractivity contribution in [2.24, 2.45) is 0 Å². The Morgan fingerprint density at radius 3 is 2.39 bits per heavy atom. The van der Waals surface area contributed by atoms with Gasteiger partial charge in [-0.05, 0) is 67.3 Å². The lowest BCUT2D eigenvalue weighted by atomic mass is 9.99. The summed E-state index contributed by atoms with van der Waals surface area (Å²) in [5, 5.41) is 3.05. The molecule has 1 aromatic heterocycles. The number of fused-ring (bicyclic) bond motifs is 1. The number of aromatic nitrogens is 2. The van der Waals surface area contributed by atoms with Gasteiger partial charge in [0.15, 0.2) is 0 Å². The third kappa shape index (κ3) is 5.25. The minimum atomic E-state index is 0.00746. The monoisotopic (exact) mass is 441 g/mol. The van der Waals surface area contributed by atoms with Crippen LogP contribution in [0.25, 0.3) is 11.0 Å². The summed E-state index contributed by atoms with van der Waals surface area (Å²) < 4.78 is 7.46. The quantitative estimate of drug-likeness (QED) is 0.422. The van der Waals surface area contributed by atoms with Gasteiger partial charge in [0.05, 0.1) is 24.6 Å². The normalized spacial score (nSPS) is 11.0. The number of carbonyl (C=O) groups is 1. The van der Waals surface area contributed by atoms with Crippen molar-refractivity contribution in [3.8, 4) is 5.75 Å². The van der Waals surface area contributed by atoms with Crippen molar-refractivity contribution < 1.29 is 9.53 Å². The van der Waals surface area contributed by atoms with Crippen LogP contribution in [0.15, 0.2) is 60.7 Å². The van der Waals surface area contributed by atoms with Gasteiger partial charge in [-0.25, -0.2) is 4.98 Å². The number of benzene rings is 3. The van der Waals surface area contributed by atoms with Gasteiger partial charge in [0.1, 0.15) is 11.6 Å². The molecule has 0 aliphatic heterocycles. The molecule has 33 heavy (non-hydrogen) atoms. The summed E-state index contributed by atoms with van der Waals surface area (Å²) in [6.07, 6.45) is 1.02. The Balaban J connectivity index is 1.48. The maximum Gasteiger partial charge on any atom is 0.224 e. The van der Waals surface area contributed by atoms with E-state index in [9.17, 15) is 4.79 Å². The van der Waals surface area contributed by atoms with Crippen LogP contribution in [-0.4, -0.2) is 29.1 Å². The number of hydrogen-bond acceptors (Lipinski definition) is 3. The van der Waals surface area contributed by atoms with Gasteiger partial charge in [-0.2, -0.15) is 0 Å². The fourth-order valence-electron chi connectivity index (χ4n) is 4.42. The Morgan fingerprint density at radius 2 is 1.70 bits per heavy atom. The maximum absolute atomic E-state index is 12.5. The molecule has 1 heterocycles. The van der Waals surface area contributed by atoms with E-state index in [2.05, 4.69) is 54.9 Å². The van der Waals surface area contributed by atoms with E-state index in [4.69, 9.17) is 9.72 Å². The van der Waals surface area contributed by atoms with Crippen molar-refractivity contribution in [3.63, 3.8) is 0 Å². The van der Waals surface area contributed by atoms with E-state index in [1.807, 2.05) is 36.4 Å². The molecule has 0 unspecified atom stereocenters. The average Bonchev–Trinajstić information content (AvgIpc) is 3.14. The summed E-state index contributed by atoms with van der Waals surface area (Å²) in [7, 11) is 1.64. The van der Waals surface area contributed by atoms with Gasteiger partial charge in [0.25, 0.3) is 0 Å². The average molecular weight is 442 g/mol. The zero-order chi connectivity index (χ0) is 23.4. The number of rotatable bonds is 8. The molecule has 0 atom stereocenters. The number of methoxy groups -OCH3 is 1. The van der Waals surface area contributed by atoms with Crippen LogP contribution >= 0.6 is 0 Å². The summed E-state index contributed by atoms with van der Waals surface area (Å²) >= 11 is 0. The highest BCUT2D eigenvalue weighted by Crippen LogP contribution is 2.23. The molecule has 0 fully saturated rings. The molecule has 170 valence electrons. The van der Waals surface area contributed by atoms with E-state index in [1.54, 1.807) is 7.11 Å². The fraction of sp³-hybridized carbons (Fsp3) is 0.286. The van der Waals surface area contributed by atoms with E-state index < -0.39 is 0 Å². The second-order valence-electron chi connectivity index (χ2n) is 8.60. The standard InChI is InChI=1S/C28H31N3O2/c1-19-15-20(2)24(21(3)16-19)18-31-26-8-6-5-7-25(26)30-27(31)13-14-29-28(32)17-22-9-11-23(33-4)12-10-22/h5-12,15-16H,13-14,17-18H2,1-4H3,(H,29,32). The number of para-hydroxylation sites is 2. The summed E-state index contributed by atoms with van der Waals surface area (Å²) in [6.45, 7) is 7.80. The lowest BCUT2D eigenvalue weighted by Crippen LogP contribution is -2.28. The lowest BCUT2D eigenvalue weighted by Gasteiger charge is -2.15. The van der Waals surface area contributed by atoms with E-state index in [1.165, 1.54) is 22.3 Å². The van der Waals surface area contributed by atoms with Crippen LogP contribution in [0.2, 0.25) is 0 Å². The van der Waals surface area contributed by atoms with E-state index in [-0.39, 0.29) is 5.91 Å². The molecule has 0 radical (unpaired) electrons. The Bertz CT molecular complexity index is 1250. The van der Waals surface area contributed by atoms with Crippen LogP contribution in [0.5, 0.6) is 5.75 Å². The van der Waals surface area contributed by atoms with Crippen LogP contribution in [-0.2, 0) is 24.2 Å². The molecular weight excluding hydrogens is 410 g/mol. The van der Waals surface area contributed by atoms with Crippen molar-refractivity contribution in [3.05, 3.63) is 94.3 Å². The molecule has 0 bridgehead atoms. The Kier molecular flexibility index (Phi) is 6.78. The van der Waals surface area contributed by atoms with Crippen molar-refractivity contribution in [2.75, 3.05) is 13.7 Å². The molecule has 4 rings (SSSR count). The molecule has 0 aliphatic carbocycles. The highest BCUT2D eigenvalue weighted by molar-refractivity contribution is 5.78. The summed E-state index contributed by atoms with van der Waals surface area (Å²) in [5.74, 6) is 1.78. The number of aryl methyl sites for hydroxylation is 3. The number of imidazole rings is 1. The summed E-state index contributed by atoms with van der Waals surface area (Å²) in [5.41, 5.74) is 8.27. The molecule has 0 spiro atoms. The predicted molar refractivity (Wildman–Crippen MR) is 133 cm³/mol. The largest absolute Gasteiger partial charge is 0.497 e. The number of nitrogens with one attached hydrogen (secondary N) is 1. The minimum Gasteiger partial charge on any atom is -0.497 e. The van der Waals surface area contributed by atoms with Crippen molar-refractivity contribution in [1.29, 1.82) is 0 Å². The van der Waals surface area contributed by atoms with Gasteiger partial charge in [-0.1, -0.05) is 42.0 Å². The predicted octanol–water partition coefficient (Wildman–Crippen LogP) is 4.92. The summed E-state index contributed by atoms with van der Waals surface area (Å²) in [4.78, 5) is 17.3. The molecular formula is C28H31N3O2. The van der Waals surface area contributed by atoms with E-state index in [0.29, 0.717) is 19.4 Å². The Labute approximate surface area is 195 Å². The number of ether oxygens (including phenoxy) is 1. The first-order valence-electron chi connectivity index (χ1n) is 11.3. The van der Waals surface area contributed by atoms with Crippen LogP contribution < -0.4 is 10.1 Å². The molecule has 4 aromatic rings. The number of amides is 1. The zero-order valence-corrected chi connectivity index (χ0v) is 19.8. The van der Waals surface area contributed by atoms with Gasteiger partial charge in [-0.15, -0.1) is 0 Å². The number of nitrogens with zero attached hydrogens (tertiary/aromatic N) is 2. The van der Waals surface area contributed by atoms with Crippen molar-refractivity contribution in [1.82, 2.24) is 14.9 Å². The third-order valence-electron chi connectivity index (χ3n) is 6.08. The van der Waals surface area contributed by atoms with Crippen LogP contribution in [0.3, 0.4) is 0 Å². The van der Waals surface area contributed by atoms with Gasteiger partial charge in [0, 0.05) is 19.5 Å². The SMILES string of the molecule is COc1ccc(CC(=O)NCCc2nc3ccccc3n2Cc2c(C)cc(C)cc2C)cc1. The van der Waals surface area contributed by atoms with E-state index >= 15 is 0 Å². The topological polar surface area (TPSA) is 56.1 Å². The first-order valence-corrected chi connectivity index (χ1v) is 11.3. The second-order valence-corrected chi connectivity index (χ2v) is 8.60. The van der Waals surface area contributed by atoms with Gasteiger partial charge in [0.2, 0.25) is 5.91 Å². The van der Waals surface area contributed by atoms with Gasteiger partial charge < -0.3 is 14.6 Å². The van der Waals surface area contributed by atoms with Gasteiger partial charge in [-0.3, -0.25) is 4.79 Å². The summed E-state index contributed by atoms with van der Waals surface area (Å²) in [6, 6.07) is 20.3. The molecule has 0 saturated carbocycles. The Morgan fingerprint density at radius 1 is 1.00 bits per heavy atom. The third-order valence-corrected chi connectivity index (χ3v) is 6.08. The number of carbonyl (C=O) groups excluding carboxylic acids is 1. The van der Waals surface area contributed by atoms with Crippen LogP contribution in [0.4, 0.5) is 0 Å². The minimum absolute atomic E-state index is 0.00746. The van der Waals surface area contributed by atoms with Gasteiger partial charge >= 0.3 is 0 Å². The molecule has 1 amide bonds. The van der Waals surface area contributed by atoms with Crippen LogP contribution in [0, 0.1) is 20.8 Å². The Hall–Kier alpha value is -3.60. The van der Waals surface area contributed by atoms with Crippen molar-refractivity contribution in [2.45, 2.75) is 40.2 Å². The molecule has 0 aliphatic rings. The molecule has 1 N–H and O–H groups in total. The van der Waals surface area contributed by atoms with Crippen molar-refractivity contribution >= 4 is 16.9 Å². The smallest absolute Gasteiger partial charge is 0.224 e. The first-order chi connectivity index (χ1) is 15.9. The molecule has 5 heteroatoms. The number of hydrogen-bond donors (Lipinski definition) is 1. The van der Waals surface area contributed by atoms with Crippen LogP contribution in [0.1, 0.15) is 33.6 Å². The second kappa shape index (κ2) is 9.90. The molecule has 3 aromatic carbocycles. The highest BCUT2D eigenvalue weighted by Gasteiger charge is 2.14. The molecule has 0 saturated heterocycles. The fourth-order valence-corrected chi connectivity index (χ4v) is 4.42. The first kappa shape index (κ1) is 22.6. The van der Waals surface area contributed by atoms with E-state index in [0.717, 1.165) is 34.7 Å².